The van der Waals surface area contributed by atoms with E-state index in [4.69, 9.17) is 15.4 Å². The van der Waals surface area contributed by atoms with Gasteiger partial charge in [0.2, 0.25) is 0 Å². The highest BCUT2D eigenvalue weighted by molar-refractivity contribution is 8.13. The molecule has 0 fully saturated rings. The fourth-order valence-electron chi connectivity index (χ4n) is 1.42. The fourth-order valence-corrected chi connectivity index (χ4v) is 2.43. The van der Waals surface area contributed by atoms with E-state index in [1.165, 1.54) is 23.9 Å². The van der Waals surface area contributed by atoms with Gasteiger partial charge >= 0.3 is 0 Å². The highest BCUT2D eigenvalue weighted by Crippen LogP contribution is 2.28. The largest absolute Gasteiger partial charge is 0.495 e. The van der Waals surface area contributed by atoms with Crippen LogP contribution >= 0.6 is 10.7 Å². The van der Waals surface area contributed by atoms with Gasteiger partial charge in [-0.15, -0.1) is 0 Å². The maximum atomic E-state index is 11.4. The first-order chi connectivity index (χ1) is 8.02. The Morgan fingerprint density at radius 1 is 1.41 bits per heavy atom. The van der Waals surface area contributed by atoms with Gasteiger partial charge < -0.3 is 4.74 Å². The van der Waals surface area contributed by atoms with Crippen LogP contribution in [0.3, 0.4) is 0 Å². The number of ether oxygens (including phenoxy) is 1. The van der Waals surface area contributed by atoms with Crippen molar-refractivity contribution < 1.29 is 13.2 Å². The van der Waals surface area contributed by atoms with Gasteiger partial charge in [-0.2, -0.15) is 5.10 Å². The van der Waals surface area contributed by atoms with Crippen LogP contribution in [0, 0.1) is 0 Å². The molecule has 90 valence electrons. The monoisotopic (exact) mass is 272 g/mol. The summed E-state index contributed by atoms with van der Waals surface area (Å²) in [5, 5.41) is 4.00. The smallest absolute Gasteiger partial charge is 0.265 e. The van der Waals surface area contributed by atoms with E-state index in [1.807, 2.05) is 0 Å². The van der Waals surface area contributed by atoms with Crippen molar-refractivity contribution in [1.82, 2.24) is 9.78 Å². The summed E-state index contributed by atoms with van der Waals surface area (Å²) in [7, 11) is 2.87. The molecule has 0 aliphatic heterocycles. The minimum Gasteiger partial charge on any atom is -0.495 e. The molecule has 0 unspecified atom stereocenters. The summed E-state index contributed by atoms with van der Waals surface area (Å²) in [5.74, 6) is 0.205. The Balaban J connectivity index is 2.61. The van der Waals surface area contributed by atoms with Gasteiger partial charge in [0.25, 0.3) is 9.05 Å². The van der Waals surface area contributed by atoms with Gasteiger partial charge in [-0.05, 0) is 24.3 Å². The van der Waals surface area contributed by atoms with Crippen molar-refractivity contribution >= 4 is 19.7 Å². The fraction of sp³-hybridized carbons (Fsp3) is 0.100. The summed E-state index contributed by atoms with van der Waals surface area (Å²) in [4.78, 5) is -0.0744. The Labute approximate surface area is 103 Å². The van der Waals surface area contributed by atoms with Gasteiger partial charge in [0.15, 0.2) is 0 Å². The molecule has 1 aromatic heterocycles. The first-order valence-electron chi connectivity index (χ1n) is 4.65. The van der Waals surface area contributed by atoms with Crippen LogP contribution in [0.25, 0.3) is 5.69 Å². The molecule has 0 amide bonds. The van der Waals surface area contributed by atoms with Crippen LogP contribution in [0.15, 0.2) is 41.6 Å². The number of nitrogens with zero attached hydrogens (tertiary/aromatic N) is 2. The van der Waals surface area contributed by atoms with E-state index in [0.717, 1.165) is 0 Å². The molecule has 2 rings (SSSR count). The van der Waals surface area contributed by atoms with E-state index in [0.29, 0.717) is 5.69 Å². The van der Waals surface area contributed by atoms with Crippen LogP contribution in [0.4, 0.5) is 0 Å². The standard InChI is InChI=1S/C10H9ClN2O3S/c1-16-9-4-3-8(13-6-2-5-12-13)7-10(9)17(11,14)15/h2-7H,1H3. The summed E-state index contributed by atoms with van der Waals surface area (Å²) >= 11 is 0. The lowest BCUT2D eigenvalue weighted by Crippen LogP contribution is -2.00. The molecule has 5 nitrogen and oxygen atoms in total. The second kappa shape index (κ2) is 4.38. The molecule has 2 aromatic rings. The van der Waals surface area contributed by atoms with Crippen molar-refractivity contribution in [2.24, 2.45) is 0 Å². The molecular weight excluding hydrogens is 264 g/mol. The second-order valence-corrected chi connectivity index (χ2v) is 5.76. The van der Waals surface area contributed by atoms with E-state index < -0.39 is 9.05 Å². The number of hydrogen-bond donors (Lipinski definition) is 0. The van der Waals surface area contributed by atoms with Gasteiger partial charge in [-0.1, -0.05) is 0 Å². The van der Waals surface area contributed by atoms with Crippen molar-refractivity contribution in [3.05, 3.63) is 36.7 Å². The Kier molecular flexibility index (Phi) is 3.08. The topological polar surface area (TPSA) is 61.2 Å². The minimum atomic E-state index is -3.85. The number of halogens is 1. The number of benzene rings is 1. The third kappa shape index (κ3) is 2.42. The normalized spacial score (nSPS) is 11.4. The van der Waals surface area contributed by atoms with Crippen molar-refractivity contribution in [1.29, 1.82) is 0 Å². The molecule has 0 saturated heterocycles. The van der Waals surface area contributed by atoms with Crippen molar-refractivity contribution in [3.8, 4) is 11.4 Å². The van der Waals surface area contributed by atoms with Gasteiger partial charge in [0.1, 0.15) is 10.6 Å². The lowest BCUT2D eigenvalue weighted by atomic mass is 10.3. The van der Waals surface area contributed by atoms with Crippen molar-refractivity contribution in [2.45, 2.75) is 4.90 Å². The summed E-state index contributed by atoms with van der Waals surface area (Å²) < 4.78 is 29.3. The van der Waals surface area contributed by atoms with E-state index in [2.05, 4.69) is 5.10 Å². The van der Waals surface area contributed by atoms with Crippen LogP contribution in [0.2, 0.25) is 0 Å². The molecule has 0 bridgehead atoms. The molecular formula is C10H9ClN2O3S. The summed E-state index contributed by atoms with van der Waals surface area (Å²) in [5.41, 5.74) is 0.593. The third-order valence-corrected chi connectivity index (χ3v) is 3.52. The zero-order valence-electron chi connectivity index (χ0n) is 8.87. The molecule has 0 atom stereocenters. The highest BCUT2D eigenvalue weighted by atomic mass is 35.7. The summed E-state index contributed by atoms with van der Waals surface area (Å²) in [6, 6.07) is 6.37. The lowest BCUT2D eigenvalue weighted by Gasteiger charge is -2.08. The Hall–Kier alpha value is -1.53. The van der Waals surface area contributed by atoms with Gasteiger partial charge in [0, 0.05) is 23.1 Å². The van der Waals surface area contributed by atoms with Crippen LogP contribution in [-0.4, -0.2) is 25.3 Å². The molecule has 0 saturated carbocycles. The van der Waals surface area contributed by atoms with E-state index >= 15 is 0 Å². The first-order valence-corrected chi connectivity index (χ1v) is 6.96. The summed E-state index contributed by atoms with van der Waals surface area (Å²) in [6.07, 6.45) is 3.30. The summed E-state index contributed by atoms with van der Waals surface area (Å²) in [6.45, 7) is 0. The molecule has 7 heteroatoms. The zero-order valence-corrected chi connectivity index (χ0v) is 10.4. The molecule has 0 N–H and O–H groups in total. The predicted octanol–water partition coefficient (Wildman–Crippen LogP) is 1.81. The molecule has 0 spiro atoms. The van der Waals surface area contributed by atoms with Gasteiger partial charge in [0.05, 0.1) is 12.8 Å². The average molecular weight is 273 g/mol. The van der Waals surface area contributed by atoms with E-state index in [9.17, 15) is 8.42 Å². The van der Waals surface area contributed by atoms with Gasteiger partial charge in [-0.25, -0.2) is 13.1 Å². The SMILES string of the molecule is COc1ccc(-n2cccn2)cc1S(=O)(=O)Cl. The zero-order chi connectivity index (χ0) is 12.5. The first kappa shape index (κ1) is 11.9. The Bertz CT molecular complexity index is 623. The maximum Gasteiger partial charge on any atom is 0.265 e. The van der Waals surface area contributed by atoms with Crippen molar-refractivity contribution in [3.63, 3.8) is 0 Å². The molecule has 0 aliphatic rings. The van der Waals surface area contributed by atoms with E-state index in [1.54, 1.807) is 24.5 Å². The quantitative estimate of drug-likeness (QED) is 0.800. The van der Waals surface area contributed by atoms with Gasteiger partial charge in [-0.3, -0.25) is 0 Å². The third-order valence-electron chi connectivity index (χ3n) is 2.18. The lowest BCUT2D eigenvalue weighted by molar-refractivity contribution is 0.403. The van der Waals surface area contributed by atoms with Crippen molar-refractivity contribution in [2.75, 3.05) is 7.11 Å². The van der Waals surface area contributed by atoms with Crippen LogP contribution < -0.4 is 4.74 Å². The molecule has 0 radical (unpaired) electrons. The maximum absolute atomic E-state index is 11.4. The predicted molar refractivity (Wildman–Crippen MR) is 63.2 cm³/mol. The Morgan fingerprint density at radius 2 is 2.18 bits per heavy atom. The average Bonchev–Trinajstić information content (AvgIpc) is 2.80. The highest BCUT2D eigenvalue weighted by Gasteiger charge is 2.17. The Morgan fingerprint density at radius 3 is 2.71 bits per heavy atom. The number of methoxy groups -OCH3 is 1. The molecule has 17 heavy (non-hydrogen) atoms. The van der Waals surface area contributed by atoms with Crippen LogP contribution in [0.5, 0.6) is 5.75 Å². The van der Waals surface area contributed by atoms with Crippen LogP contribution in [-0.2, 0) is 9.05 Å². The number of aromatic nitrogens is 2. The van der Waals surface area contributed by atoms with E-state index in [-0.39, 0.29) is 10.6 Å². The minimum absolute atomic E-state index is 0.0744. The second-order valence-electron chi connectivity index (χ2n) is 3.22. The number of hydrogen-bond acceptors (Lipinski definition) is 4. The molecule has 1 aromatic carbocycles. The van der Waals surface area contributed by atoms with Crippen LogP contribution in [0.1, 0.15) is 0 Å². The molecule has 0 aliphatic carbocycles. The molecule has 1 heterocycles. The number of rotatable bonds is 3.